The first-order chi connectivity index (χ1) is 18.1. The minimum absolute atomic E-state index is 0.0145. The Morgan fingerprint density at radius 1 is 1.03 bits per heavy atom. The summed E-state index contributed by atoms with van der Waals surface area (Å²) in [7, 11) is 7.83. The van der Waals surface area contributed by atoms with Gasteiger partial charge in [-0.05, 0) is 35.0 Å². The summed E-state index contributed by atoms with van der Waals surface area (Å²) in [6.07, 6.45) is 0.531. The summed E-state index contributed by atoms with van der Waals surface area (Å²) < 4.78 is 11.9. The first kappa shape index (κ1) is 26.2. The Balaban J connectivity index is 1.25. The van der Waals surface area contributed by atoms with Crippen molar-refractivity contribution < 1.29 is 28.7 Å². The molecule has 1 N–H and O–H groups in total. The van der Waals surface area contributed by atoms with Crippen molar-refractivity contribution in [3.63, 3.8) is 0 Å². The lowest BCUT2D eigenvalue weighted by atomic mass is 9.51. The van der Waals surface area contributed by atoms with Gasteiger partial charge in [0.1, 0.15) is 47.9 Å². The lowest BCUT2D eigenvalue weighted by Gasteiger charge is -2.49. The quantitative estimate of drug-likeness (QED) is 0.333. The van der Waals surface area contributed by atoms with Crippen molar-refractivity contribution in [2.45, 2.75) is 55.9 Å². The number of rotatable bonds is 6. The van der Waals surface area contributed by atoms with Crippen molar-refractivity contribution in [1.29, 1.82) is 0 Å². The molecule has 13 heteroatoms. The fourth-order valence-corrected chi connectivity index (χ4v) is 5.31. The molecule has 0 bridgehead atoms. The normalized spacial score (nSPS) is 24.8. The molecule has 5 rings (SSSR count). The second-order valence-corrected chi connectivity index (χ2v) is 10.8. The van der Waals surface area contributed by atoms with Crippen LogP contribution >= 0.6 is 0 Å². The molecule has 0 aromatic heterocycles. The van der Waals surface area contributed by atoms with Crippen LogP contribution in [0.3, 0.4) is 0 Å². The zero-order valence-corrected chi connectivity index (χ0v) is 22.2. The van der Waals surface area contributed by atoms with Crippen LogP contribution in [-0.2, 0) is 38.8 Å². The SMILES string of the molecule is BC1OC(B)C(B)(B)N(Cc2ccc(COc3cccc4c3CN(C3CCC(=O)NC3=O)C4=O)cc2)C1=O. The zero-order chi connectivity index (χ0) is 27.2. The Hall–Kier alpha value is -3.46. The topological polar surface area (TPSA) is 105 Å². The number of carbonyl (C=O) groups excluding carboxylic acids is 4. The number of hydrogen-bond donors (Lipinski definition) is 1. The van der Waals surface area contributed by atoms with Gasteiger partial charge in [-0.25, -0.2) is 0 Å². The Morgan fingerprint density at radius 2 is 1.74 bits per heavy atom. The molecule has 0 aliphatic carbocycles. The van der Waals surface area contributed by atoms with Crippen molar-refractivity contribution in [3.8, 4) is 5.75 Å². The van der Waals surface area contributed by atoms with E-state index in [0.717, 1.165) is 16.7 Å². The van der Waals surface area contributed by atoms with E-state index in [1.165, 1.54) is 4.90 Å². The van der Waals surface area contributed by atoms with Gasteiger partial charge in [0.25, 0.3) is 5.91 Å². The van der Waals surface area contributed by atoms with Crippen LogP contribution in [0.15, 0.2) is 42.5 Å². The van der Waals surface area contributed by atoms with E-state index in [1.807, 2.05) is 58.8 Å². The minimum atomic E-state index is -0.665. The second kappa shape index (κ2) is 10.0. The fourth-order valence-electron chi connectivity index (χ4n) is 5.31. The molecule has 3 aliphatic rings. The summed E-state index contributed by atoms with van der Waals surface area (Å²) >= 11 is 0. The van der Waals surface area contributed by atoms with Gasteiger partial charge in [0, 0.05) is 30.1 Å². The van der Waals surface area contributed by atoms with E-state index in [1.54, 1.807) is 20.0 Å². The predicted octanol–water partition coefficient (Wildman–Crippen LogP) is -2.78. The standard InChI is InChI=1S/C25H29B4N3O6/c26-20-23(36)32(25(28,29)24(27)38-20)10-13-4-6-14(7-5-13)12-37-18-3-1-2-15-16(18)11-31(22(15)35)17-8-9-19(33)30-21(17)34/h1-7,17,20,24H,8-12,26-29H2,(H,30,33,34). The largest absolute Gasteiger partial charge is 0.489 e. The molecular formula is C25H29B4N3O6. The average molecular weight is 511 g/mol. The molecule has 2 aromatic carbocycles. The molecule has 2 saturated heterocycles. The van der Waals surface area contributed by atoms with Crippen LogP contribution in [0, 0.1) is 0 Å². The number of piperidine rings is 1. The van der Waals surface area contributed by atoms with Gasteiger partial charge in [0.2, 0.25) is 17.7 Å². The number of morpholine rings is 1. The molecule has 0 spiro atoms. The third-order valence-corrected chi connectivity index (χ3v) is 8.01. The van der Waals surface area contributed by atoms with Gasteiger partial charge in [0.15, 0.2) is 7.85 Å². The summed E-state index contributed by atoms with van der Waals surface area (Å²) in [5.41, 5.74) is 3.23. The van der Waals surface area contributed by atoms with Crippen LogP contribution in [0.4, 0.5) is 0 Å². The summed E-state index contributed by atoms with van der Waals surface area (Å²) in [4.78, 5) is 53.1. The number of amides is 4. The summed E-state index contributed by atoms with van der Waals surface area (Å²) in [6, 6.07) is 12.1. The van der Waals surface area contributed by atoms with Crippen molar-refractivity contribution >= 4 is 55.0 Å². The fraction of sp³-hybridized carbons (Fsp3) is 0.360. The molecule has 4 amide bonds. The molecule has 9 nitrogen and oxygen atoms in total. The maximum Gasteiger partial charge on any atom is 0.255 e. The summed E-state index contributed by atoms with van der Waals surface area (Å²) in [5.74, 6) is -0.392. The van der Waals surface area contributed by atoms with E-state index in [9.17, 15) is 19.2 Å². The Morgan fingerprint density at radius 3 is 2.45 bits per heavy atom. The number of nitrogens with one attached hydrogen (secondary N) is 1. The van der Waals surface area contributed by atoms with Crippen LogP contribution in [0.2, 0.25) is 0 Å². The number of hydrogen-bond acceptors (Lipinski definition) is 6. The highest BCUT2D eigenvalue weighted by molar-refractivity contribution is 6.45. The van der Waals surface area contributed by atoms with E-state index in [-0.39, 0.29) is 36.7 Å². The van der Waals surface area contributed by atoms with Gasteiger partial charge in [-0.3, -0.25) is 24.5 Å². The van der Waals surface area contributed by atoms with Crippen molar-refractivity contribution in [2.75, 3.05) is 0 Å². The van der Waals surface area contributed by atoms with Crippen molar-refractivity contribution in [3.05, 3.63) is 64.7 Å². The Bertz CT molecular complexity index is 1300. The molecule has 3 aliphatic heterocycles. The first-order valence-corrected chi connectivity index (χ1v) is 13.0. The molecule has 0 radical (unpaired) electrons. The average Bonchev–Trinajstić information content (AvgIpc) is 3.22. The monoisotopic (exact) mass is 511 g/mol. The minimum Gasteiger partial charge on any atom is -0.489 e. The highest BCUT2D eigenvalue weighted by Gasteiger charge is 2.43. The van der Waals surface area contributed by atoms with E-state index >= 15 is 0 Å². The van der Waals surface area contributed by atoms with Crippen molar-refractivity contribution in [2.24, 2.45) is 0 Å². The number of carbonyl (C=O) groups is 4. The van der Waals surface area contributed by atoms with Crippen molar-refractivity contribution in [1.82, 2.24) is 15.1 Å². The smallest absolute Gasteiger partial charge is 0.255 e. The van der Waals surface area contributed by atoms with E-state index in [2.05, 4.69) is 5.32 Å². The molecule has 2 fully saturated rings. The van der Waals surface area contributed by atoms with E-state index in [0.29, 0.717) is 30.9 Å². The summed E-state index contributed by atoms with van der Waals surface area (Å²) in [5, 5.41) is 1.91. The van der Waals surface area contributed by atoms with Crippen LogP contribution < -0.4 is 10.1 Å². The predicted molar refractivity (Wildman–Crippen MR) is 149 cm³/mol. The highest BCUT2D eigenvalue weighted by atomic mass is 16.5. The van der Waals surface area contributed by atoms with Crippen LogP contribution in [0.5, 0.6) is 5.75 Å². The van der Waals surface area contributed by atoms with Gasteiger partial charge < -0.3 is 19.3 Å². The van der Waals surface area contributed by atoms with E-state index < -0.39 is 23.3 Å². The van der Waals surface area contributed by atoms with Gasteiger partial charge >= 0.3 is 0 Å². The van der Waals surface area contributed by atoms with Gasteiger partial charge in [-0.15, -0.1) is 0 Å². The lowest BCUT2D eigenvalue weighted by Crippen LogP contribution is -2.68. The second-order valence-electron chi connectivity index (χ2n) is 10.8. The third kappa shape index (κ3) is 4.75. The lowest BCUT2D eigenvalue weighted by molar-refractivity contribution is -0.154. The molecule has 3 heterocycles. The van der Waals surface area contributed by atoms with Gasteiger partial charge in [0.05, 0.1) is 6.54 Å². The molecule has 3 atom stereocenters. The van der Waals surface area contributed by atoms with Gasteiger partial charge in [-0.2, -0.15) is 0 Å². The molecule has 2 aromatic rings. The van der Waals surface area contributed by atoms with Crippen LogP contribution in [0.1, 0.15) is 39.9 Å². The Kier molecular flexibility index (Phi) is 6.90. The first-order valence-electron chi connectivity index (χ1n) is 13.0. The molecular weight excluding hydrogens is 482 g/mol. The number of fused-ring (bicyclic) bond motifs is 1. The van der Waals surface area contributed by atoms with Crippen LogP contribution in [0.25, 0.3) is 0 Å². The zero-order valence-electron chi connectivity index (χ0n) is 22.2. The van der Waals surface area contributed by atoms with Crippen LogP contribution in [-0.4, -0.2) is 88.2 Å². The summed E-state index contributed by atoms with van der Waals surface area (Å²) in [6.45, 7) is 1.06. The number of nitrogens with zero attached hydrogens (tertiary/aromatic N) is 2. The number of ether oxygens (including phenoxy) is 2. The maximum atomic E-state index is 13.0. The number of benzene rings is 2. The van der Waals surface area contributed by atoms with Gasteiger partial charge in [-0.1, -0.05) is 30.3 Å². The maximum absolute atomic E-state index is 13.0. The third-order valence-electron chi connectivity index (χ3n) is 8.01. The van der Waals surface area contributed by atoms with E-state index in [4.69, 9.17) is 9.47 Å². The molecule has 38 heavy (non-hydrogen) atoms. The molecule has 3 unspecified atom stereocenters. The molecule has 0 saturated carbocycles. The molecule has 192 valence electrons. The Labute approximate surface area is 225 Å². The number of imide groups is 1. The highest BCUT2D eigenvalue weighted by Crippen LogP contribution is 2.34.